The number of hydrogen-bond donors (Lipinski definition) is 0. The first-order chi connectivity index (χ1) is 29.2. The molecule has 13 heteroatoms. The highest BCUT2D eigenvalue weighted by Gasteiger charge is 2.47. The molecule has 1 saturated heterocycles. The smallest absolute Gasteiger partial charge is 0.330 e. The van der Waals surface area contributed by atoms with Crippen molar-refractivity contribution in [3.63, 3.8) is 0 Å². The Balaban J connectivity index is 0.978. The highest BCUT2D eigenvalue weighted by Crippen LogP contribution is 2.27. The standard InChI is InChI=1S/C47H55NO12/c1-4-42(49)57-24-12-8-6-10-22-53-38-18-14-36-32-40(20-16-34(36)30-38)55-26-28-59-44-45(47(52)48(3)46(44)51)60-29-27-56-41-21-17-35-31-39(19-15-37(35)33-41)54-23-11-7-9-13-25-58-43(50)5-2/h4-5,14-21,30-33,44-45H,1-2,6-13,22-29H2,3H3/t44-,45-/m1/s1. The summed E-state index contributed by atoms with van der Waals surface area (Å²) in [4.78, 5) is 48.9. The summed E-state index contributed by atoms with van der Waals surface area (Å²) in [6, 6.07) is 23.2. The predicted octanol–water partition coefficient (Wildman–Crippen LogP) is 7.56. The van der Waals surface area contributed by atoms with E-state index in [4.69, 9.17) is 37.9 Å². The zero-order valence-corrected chi connectivity index (χ0v) is 34.3. The molecule has 13 nitrogen and oxygen atoms in total. The number of imide groups is 1. The van der Waals surface area contributed by atoms with Crippen molar-refractivity contribution in [1.29, 1.82) is 0 Å². The molecule has 0 spiro atoms. The van der Waals surface area contributed by atoms with Gasteiger partial charge in [0.25, 0.3) is 11.8 Å². The Morgan fingerprint density at radius 3 is 1.13 bits per heavy atom. The van der Waals surface area contributed by atoms with Gasteiger partial charge in [0.15, 0.2) is 12.2 Å². The summed E-state index contributed by atoms with van der Waals surface area (Å²) in [6.07, 6.45) is 7.44. The molecule has 1 fully saturated rings. The van der Waals surface area contributed by atoms with E-state index < -0.39 is 36.0 Å². The fraction of sp³-hybridized carbons (Fsp3) is 0.404. The lowest BCUT2D eigenvalue weighted by atomic mass is 10.1. The van der Waals surface area contributed by atoms with Crippen molar-refractivity contribution in [2.24, 2.45) is 0 Å². The van der Waals surface area contributed by atoms with Crippen LogP contribution in [0.15, 0.2) is 98.1 Å². The molecule has 1 heterocycles. The van der Waals surface area contributed by atoms with Gasteiger partial charge >= 0.3 is 11.9 Å². The molecule has 1 aliphatic rings. The van der Waals surface area contributed by atoms with Crippen LogP contribution in [0.2, 0.25) is 0 Å². The van der Waals surface area contributed by atoms with Crippen LogP contribution in [0.4, 0.5) is 0 Å². The lowest BCUT2D eigenvalue weighted by Crippen LogP contribution is -2.36. The Morgan fingerprint density at radius 2 is 0.800 bits per heavy atom. The van der Waals surface area contributed by atoms with Gasteiger partial charge in [-0.3, -0.25) is 14.5 Å². The van der Waals surface area contributed by atoms with Gasteiger partial charge in [0, 0.05) is 19.2 Å². The number of esters is 2. The van der Waals surface area contributed by atoms with Crippen LogP contribution in [0.5, 0.6) is 23.0 Å². The van der Waals surface area contributed by atoms with E-state index in [2.05, 4.69) is 13.2 Å². The monoisotopic (exact) mass is 825 g/mol. The average Bonchev–Trinajstić information content (AvgIpc) is 3.47. The third-order valence-corrected chi connectivity index (χ3v) is 9.72. The Morgan fingerprint density at radius 1 is 0.483 bits per heavy atom. The minimum Gasteiger partial charge on any atom is -0.494 e. The summed E-state index contributed by atoms with van der Waals surface area (Å²) in [5.74, 6) is 1.12. The second-order valence-electron chi connectivity index (χ2n) is 14.1. The highest BCUT2D eigenvalue weighted by molar-refractivity contribution is 6.07. The topological polar surface area (TPSA) is 145 Å². The largest absolute Gasteiger partial charge is 0.494 e. The molecule has 4 aromatic carbocycles. The van der Waals surface area contributed by atoms with Gasteiger partial charge in [-0.1, -0.05) is 37.4 Å². The highest BCUT2D eigenvalue weighted by atomic mass is 16.6. The number of carbonyl (C=O) groups is 4. The quantitative estimate of drug-likeness (QED) is 0.0241. The zero-order valence-electron chi connectivity index (χ0n) is 34.3. The number of nitrogens with zero attached hydrogens (tertiary/aromatic N) is 1. The summed E-state index contributed by atoms with van der Waals surface area (Å²) >= 11 is 0. The number of hydrogen-bond acceptors (Lipinski definition) is 12. The van der Waals surface area contributed by atoms with Crippen LogP contribution in [-0.2, 0) is 38.1 Å². The molecule has 320 valence electrons. The summed E-state index contributed by atoms with van der Waals surface area (Å²) in [5, 5.41) is 3.97. The van der Waals surface area contributed by atoms with Gasteiger partial charge in [-0.15, -0.1) is 0 Å². The first-order valence-electron chi connectivity index (χ1n) is 20.5. The van der Waals surface area contributed by atoms with Gasteiger partial charge in [0.1, 0.15) is 36.2 Å². The predicted molar refractivity (Wildman–Crippen MR) is 226 cm³/mol. The van der Waals surface area contributed by atoms with Crippen molar-refractivity contribution in [3.05, 3.63) is 98.1 Å². The Hall–Kier alpha value is -5.92. The molecule has 0 N–H and O–H groups in total. The number of fused-ring (bicyclic) bond motifs is 2. The van der Waals surface area contributed by atoms with Gasteiger partial charge in [0.2, 0.25) is 0 Å². The van der Waals surface area contributed by atoms with Gasteiger partial charge in [-0.05, 0) is 121 Å². The van der Waals surface area contributed by atoms with E-state index in [9.17, 15) is 19.2 Å². The number of unbranched alkanes of at least 4 members (excludes halogenated alkanes) is 6. The van der Waals surface area contributed by atoms with Crippen LogP contribution in [0.3, 0.4) is 0 Å². The second-order valence-corrected chi connectivity index (χ2v) is 14.1. The molecular weight excluding hydrogens is 771 g/mol. The first-order valence-corrected chi connectivity index (χ1v) is 20.5. The average molecular weight is 826 g/mol. The molecule has 2 atom stereocenters. The van der Waals surface area contributed by atoms with E-state index in [1.807, 2.05) is 72.8 Å². The van der Waals surface area contributed by atoms with E-state index >= 15 is 0 Å². The van der Waals surface area contributed by atoms with Gasteiger partial charge in [-0.2, -0.15) is 0 Å². The molecule has 1 aliphatic heterocycles. The Labute approximate surface area is 351 Å². The fourth-order valence-electron chi connectivity index (χ4n) is 6.46. The minimum absolute atomic E-state index is 0.0686. The minimum atomic E-state index is -1.09. The molecular formula is C47H55NO12. The van der Waals surface area contributed by atoms with Crippen molar-refractivity contribution >= 4 is 45.3 Å². The SMILES string of the molecule is C=CC(=O)OCCCCCCOc1ccc2cc(OCCO[C@H]3C(=O)N(C)C(=O)[C@@H]3OCCOc3ccc4cc(OCCCCCCOC(=O)C=C)ccc4c3)ccc2c1. The lowest BCUT2D eigenvalue weighted by molar-refractivity contribution is -0.141. The molecule has 0 bridgehead atoms. The van der Waals surface area contributed by atoms with Crippen LogP contribution in [0, 0.1) is 0 Å². The van der Waals surface area contributed by atoms with Crippen molar-refractivity contribution in [2.45, 2.75) is 63.6 Å². The number of likely N-dealkylation sites (tertiary alicyclic amines) is 1. The molecule has 5 rings (SSSR count). The summed E-state index contributed by atoms with van der Waals surface area (Å²) in [7, 11) is 1.41. The van der Waals surface area contributed by atoms with E-state index in [0.717, 1.165) is 89.3 Å². The van der Waals surface area contributed by atoms with Crippen LogP contribution in [0.1, 0.15) is 51.4 Å². The van der Waals surface area contributed by atoms with Crippen molar-refractivity contribution in [3.8, 4) is 23.0 Å². The number of carbonyl (C=O) groups excluding carboxylic acids is 4. The summed E-state index contributed by atoms with van der Waals surface area (Å²) < 4.78 is 45.4. The van der Waals surface area contributed by atoms with Gasteiger partial charge in [-0.25, -0.2) is 9.59 Å². The van der Waals surface area contributed by atoms with E-state index in [1.54, 1.807) is 0 Å². The molecule has 2 amide bonds. The number of likely N-dealkylation sites (N-methyl/N-ethyl adjacent to an activating group) is 1. The molecule has 0 unspecified atom stereocenters. The Bertz CT molecular complexity index is 1920. The maximum Gasteiger partial charge on any atom is 0.330 e. The van der Waals surface area contributed by atoms with Crippen molar-refractivity contribution in [1.82, 2.24) is 4.90 Å². The van der Waals surface area contributed by atoms with Crippen molar-refractivity contribution in [2.75, 3.05) is 59.9 Å². The normalized spacial score (nSPS) is 14.9. The van der Waals surface area contributed by atoms with E-state index in [1.165, 1.54) is 19.2 Å². The van der Waals surface area contributed by atoms with E-state index in [0.29, 0.717) is 37.9 Å². The zero-order chi connectivity index (χ0) is 42.5. The molecule has 4 aromatic rings. The first kappa shape index (κ1) is 45.2. The third-order valence-electron chi connectivity index (χ3n) is 9.72. The maximum atomic E-state index is 12.9. The van der Waals surface area contributed by atoms with Crippen LogP contribution < -0.4 is 18.9 Å². The molecule has 0 saturated carbocycles. The van der Waals surface area contributed by atoms with E-state index in [-0.39, 0.29) is 26.4 Å². The maximum absolute atomic E-state index is 12.9. The molecule has 0 aliphatic carbocycles. The van der Waals surface area contributed by atoms with Gasteiger partial charge in [0.05, 0.1) is 39.6 Å². The number of benzene rings is 4. The van der Waals surface area contributed by atoms with Crippen LogP contribution >= 0.6 is 0 Å². The van der Waals surface area contributed by atoms with Gasteiger partial charge < -0.3 is 37.9 Å². The van der Waals surface area contributed by atoms with Crippen LogP contribution in [0.25, 0.3) is 21.5 Å². The molecule has 60 heavy (non-hydrogen) atoms. The Kier molecular flexibility index (Phi) is 18.2. The lowest BCUT2D eigenvalue weighted by Gasteiger charge is -2.17. The number of rotatable bonds is 28. The van der Waals surface area contributed by atoms with Crippen LogP contribution in [-0.4, -0.2) is 101 Å². The molecule has 0 aromatic heterocycles. The fourth-order valence-corrected chi connectivity index (χ4v) is 6.46. The van der Waals surface area contributed by atoms with Crippen molar-refractivity contribution < 1.29 is 57.1 Å². The second kappa shape index (κ2) is 24.2. The summed E-state index contributed by atoms with van der Waals surface area (Å²) in [5.41, 5.74) is 0. The summed E-state index contributed by atoms with van der Waals surface area (Å²) in [6.45, 7) is 9.22. The number of ether oxygens (including phenoxy) is 8. The number of amides is 2. The molecule has 0 radical (unpaired) electrons. The third kappa shape index (κ3) is 14.1.